The topological polar surface area (TPSA) is 80.3 Å². The van der Waals surface area contributed by atoms with Crippen molar-refractivity contribution in [1.82, 2.24) is 0 Å². The molecule has 10 rings (SSSR count). The zero-order chi connectivity index (χ0) is 53.9. The van der Waals surface area contributed by atoms with E-state index >= 15 is 0 Å². The minimum atomic E-state index is -1.18. The van der Waals surface area contributed by atoms with Gasteiger partial charge in [-0.15, -0.1) is 45.3 Å². The fourth-order valence-corrected chi connectivity index (χ4v) is 16.4. The van der Waals surface area contributed by atoms with Gasteiger partial charge in [0.05, 0.1) is 58.5 Å². The number of carbonyl (C=O) groups is 2. The van der Waals surface area contributed by atoms with Crippen LogP contribution in [0.4, 0.5) is 0 Å². The first-order chi connectivity index (χ1) is 38.3. The Balaban J connectivity index is 1.13. The van der Waals surface area contributed by atoms with E-state index in [0.717, 1.165) is 136 Å². The molecule has 0 bridgehead atoms. The molecule has 4 aromatic heterocycles. The maximum Gasteiger partial charge on any atom is 0.187 e. The summed E-state index contributed by atoms with van der Waals surface area (Å²) in [6, 6.07) is 37.9. The number of carbonyl (C=O) groups excluding carboxylic acids is 2. The third kappa shape index (κ3) is 11.5. The molecule has 0 radical (unpaired) electrons. The van der Waals surface area contributed by atoms with Crippen molar-refractivity contribution in [3.8, 4) is 48.3 Å². The van der Waals surface area contributed by atoms with E-state index < -0.39 is 11.2 Å². The Morgan fingerprint density at radius 1 is 0.397 bits per heavy atom. The van der Waals surface area contributed by atoms with Crippen LogP contribution in [0.1, 0.15) is 195 Å². The molecule has 0 saturated carbocycles. The average Bonchev–Trinajstić information content (AvgIpc) is 4.37. The maximum absolute atomic E-state index is 12.8. The predicted octanol–water partition coefficient (Wildman–Crippen LogP) is 19.9. The highest BCUT2D eigenvalue weighted by atomic mass is 32.1. The molecule has 7 nitrogen and oxygen atoms in total. The lowest BCUT2D eigenvalue weighted by atomic mass is 9.77. The van der Waals surface area contributed by atoms with Gasteiger partial charge < -0.3 is 23.7 Å². The molecule has 0 aliphatic carbocycles. The third-order valence-corrected chi connectivity index (χ3v) is 20.3. The summed E-state index contributed by atoms with van der Waals surface area (Å²) in [5.41, 5.74) is 4.65. The molecule has 78 heavy (non-hydrogen) atoms. The molecule has 0 fully saturated rings. The molecule has 408 valence electrons. The summed E-state index contributed by atoms with van der Waals surface area (Å²) in [5, 5.41) is 0. The van der Waals surface area contributed by atoms with Gasteiger partial charge in [0, 0.05) is 45.5 Å². The van der Waals surface area contributed by atoms with Gasteiger partial charge in [-0.05, 0) is 62.6 Å². The monoisotopic (exact) mass is 1120 g/mol. The predicted molar refractivity (Wildman–Crippen MR) is 325 cm³/mol. The molecule has 8 aromatic rings. The van der Waals surface area contributed by atoms with Crippen molar-refractivity contribution in [2.75, 3.05) is 19.8 Å². The number of benzene rings is 4. The molecule has 2 aliphatic rings. The zero-order valence-corrected chi connectivity index (χ0v) is 49.2. The zero-order valence-electron chi connectivity index (χ0n) is 45.9. The van der Waals surface area contributed by atoms with Crippen molar-refractivity contribution in [2.24, 2.45) is 0 Å². The summed E-state index contributed by atoms with van der Waals surface area (Å²) in [6.45, 7) is 10.8. The number of hydrogen-bond acceptors (Lipinski definition) is 11. The van der Waals surface area contributed by atoms with Crippen LogP contribution in [-0.4, -0.2) is 32.4 Å². The van der Waals surface area contributed by atoms with E-state index in [1.807, 2.05) is 12.1 Å². The molecule has 0 amide bonds. The Morgan fingerprint density at radius 2 is 0.705 bits per heavy atom. The summed E-state index contributed by atoms with van der Waals surface area (Å²) in [7, 11) is 0. The van der Waals surface area contributed by atoms with E-state index in [-0.39, 0.29) is 0 Å². The van der Waals surface area contributed by atoms with Gasteiger partial charge in [-0.25, -0.2) is 0 Å². The SMILES string of the molecule is CCCCCCCCOc1ccc(C2(c3ccc(C)cc3)Oc3cc(C=O)sc3-c3sc4c5c(sc4c32)-c2sc(C=O)cc2OC5(c2ccc(OCCCCCCCC)cc2)c2ccc(OCCCCCCCC)cc2)cc1. The molecule has 2 aliphatic heterocycles. The normalized spacial score (nSPS) is 14.9. The van der Waals surface area contributed by atoms with Crippen molar-refractivity contribution in [3.63, 3.8) is 0 Å². The van der Waals surface area contributed by atoms with Crippen LogP contribution in [0.5, 0.6) is 28.7 Å². The van der Waals surface area contributed by atoms with Crippen LogP contribution in [-0.2, 0) is 11.2 Å². The van der Waals surface area contributed by atoms with Crippen molar-refractivity contribution in [1.29, 1.82) is 0 Å². The number of ether oxygens (including phenoxy) is 5. The van der Waals surface area contributed by atoms with Gasteiger partial charge in [0.15, 0.2) is 23.8 Å². The molecule has 11 heteroatoms. The van der Waals surface area contributed by atoms with Gasteiger partial charge in [-0.3, -0.25) is 9.59 Å². The van der Waals surface area contributed by atoms with Crippen molar-refractivity contribution >= 4 is 67.3 Å². The summed E-state index contributed by atoms with van der Waals surface area (Å²) in [6.07, 6.45) is 23.4. The largest absolute Gasteiger partial charge is 0.494 e. The number of unbranched alkanes of at least 4 members (excludes halogenated alkanes) is 15. The average molecular weight is 1120 g/mol. The minimum absolute atomic E-state index is 0.596. The smallest absolute Gasteiger partial charge is 0.187 e. The van der Waals surface area contributed by atoms with Crippen molar-refractivity contribution in [3.05, 3.63) is 158 Å². The number of rotatable bonds is 30. The van der Waals surface area contributed by atoms with E-state index in [2.05, 4.69) is 125 Å². The number of hydrogen-bond donors (Lipinski definition) is 0. The maximum atomic E-state index is 12.8. The van der Waals surface area contributed by atoms with Crippen LogP contribution in [0.15, 0.2) is 109 Å². The minimum Gasteiger partial charge on any atom is -0.494 e. The van der Waals surface area contributed by atoms with Gasteiger partial charge >= 0.3 is 0 Å². The molecular formula is C67H74O7S4. The molecule has 1 unspecified atom stereocenters. The van der Waals surface area contributed by atoms with E-state index in [4.69, 9.17) is 23.7 Å². The van der Waals surface area contributed by atoms with E-state index in [1.54, 1.807) is 22.7 Å². The Kier molecular flexibility index (Phi) is 18.6. The first-order valence-electron chi connectivity index (χ1n) is 28.8. The fraction of sp³-hybridized carbons (Fsp3) is 0.403. The Hall–Kier alpha value is -5.72. The molecule has 0 N–H and O–H groups in total. The van der Waals surface area contributed by atoms with Crippen LogP contribution in [0.2, 0.25) is 0 Å². The van der Waals surface area contributed by atoms with Crippen LogP contribution in [0.25, 0.3) is 28.9 Å². The summed E-state index contributed by atoms with van der Waals surface area (Å²) in [4.78, 5) is 30.6. The van der Waals surface area contributed by atoms with Gasteiger partial charge in [0.25, 0.3) is 0 Å². The highest BCUT2D eigenvalue weighted by Crippen LogP contribution is 2.66. The van der Waals surface area contributed by atoms with Gasteiger partial charge in [-0.1, -0.05) is 183 Å². The Morgan fingerprint density at radius 3 is 1.03 bits per heavy atom. The Labute approximate surface area is 477 Å². The van der Waals surface area contributed by atoms with Crippen LogP contribution >= 0.6 is 45.3 Å². The lowest BCUT2D eigenvalue weighted by Crippen LogP contribution is -2.38. The summed E-state index contributed by atoms with van der Waals surface area (Å²) >= 11 is 6.41. The fourth-order valence-electron chi connectivity index (χ4n) is 11.2. The van der Waals surface area contributed by atoms with Crippen LogP contribution in [0.3, 0.4) is 0 Å². The number of fused-ring (bicyclic) bond motifs is 9. The Bertz CT molecular complexity index is 3170. The second-order valence-corrected chi connectivity index (χ2v) is 25.3. The van der Waals surface area contributed by atoms with Crippen molar-refractivity contribution < 1.29 is 33.3 Å². The van der Waals surface area contributed by atoms with E-state index in [1.165, 1.54) is 99.7 Å². The second-order valence-electron chi connectivity index (χ2n) is 21.0. The van der Waals surface area contributed by atoms with E-state index in [9.17, 15) is 9.59 Å². The number of aryl methyl sites for hydroxylation is 1. The lowest BCUT2D eigenvalue weighted by molar-refractivity contribution is 0.111. The quantitative estimate of drug-likeness (QED) is 0.0328. The van der Waals surface area contributed by atoms with Crippen LogP contribution < -0.4 is 23.7 Å². The molecule has 0 saturated heterocycles. The first kappa shape index (κ1) is 55.6. The van der Waals surface area contributed by atoms with Crippen molar-refractivity contribution in [2.45, 2.75) is 154 Å². The standard InChI is InChI=1S/C67H74O7S4/c1-5-8-11-14-17-20-39-70-51-33-27-48(28-34-51)66(47-25-23-46(4)24-26-47)58-62(60-56(73-66)42-54(44-68)75-60)77-65-59-63(78-64(58)65)61-57(43-55(45-69)76-61)74-67(59,49-29-35-52(36-30-49)71-40-21-18-15-12-9-6-2)50-31-37-53(38-32-50)72-41-22-19-16-13-10-7-3/h23-38,42-45H,5-22,39-41H2,1-4H3. The number of thiophene rings is 4. The molecule has 1 atom stereocenters. The number of aldehydes is 2. The molecular weight excluding hydrogens is 1040 g/mol. The summed E-state index contributed by atoms with van der Waals surface area (Å²) in [5.74, 6) is 3.78. The van der Waals surface area contributed by atoms with Gasteiger partial charge in [-0.2, -0.15) is 0 Å². The first-order valence-corrected chi connectivity index (χ1v) is 32.1. The van der Waals surface area contributed by atoms with Crippen LogP contribution in [0, 0.1) is 6.92 Å². The molecule has 4 aromatic carbocycles. The highest BCUT2D eigenvalue weighted by molar-refractivity contribution is 7.34. The third-order valence-electron chi connectivity index (χ3n) is 15.4. The van der Waals surface area contributed by atoms with E-state index in [0.29, 0.717) is 41.1 Å². The summed E-state index contributed by atoms with van der Waals surface area (Å²) < 4.78 is 36.6. The van der Waals surface area contributed by atoms with Gasteiger partial charge in [0.1, 0.15) is 28.7 Å². The second kappa shape index (κ2) is 26.0. The molecule has 0 spiro atoms. The lowest BCUT2D eigenvalue weighted by Gasteiger charge is -2.39. The molecule has 6 heterocycles. The highest BCUT2D eigenvalue weighted by Gasteiger charge is 2.53. The van der Waals surface area contributed by atoms with Gasteiger partial charge in [0.2, 0.25) is 0 Å².